The summed E-state index contributed by atoms with van der Waals surface area (Å²) < 4.78 is 62.2. The van der Waals surface area contributed by atoms with Gasteiger partial charge in [-0.15, -0.1) is 35.0 Å². The zero-order valence-electron chi connectivity index (χ0n) is 19.8. The van der Waals surface area contributed by atoms with E-state index in [0.717, 1.165) is 5.39 Å². The van der Waals surface area contributed by atoms with Crippen LogP contribution in [0.15, 0.2) is 48.7 Å². The summed E-state index contributed by atoms with van der Waals surface area (Å²) >= 11 is 0. The van der Waals surface area contributed by atoms with E-state index in [-0.39, 0.29) is 56.1 Å². The molecule has 1 aromatic carbocycles. The van der Waals surface area contributed by atoms with Crippen LogP contribution >= 0.6 is 24.8 Å². The number of fused-ring (bicyclic) bond motifs is 2. The highest BCUT2D eigenvalue weighted by molar-refractivity contribution is 5.86. The first kappa shape index (κ1) is 28.8. The van der Waals surface area contributed by atoms with Gasteiger partial charge in [-0.25, -0.2) is 9.37 Å². The van der Waals surface area contributed by atoms with E-state index in [9.17, 15) is 17.6 Å². The molecular weight excluding hydrogens is 535 g/mol. The number of rotatable bonds is 7. The molecule has 7 nitrogen and oxygen atoms in total. The molecule has 200 valence electrons. The first-order valence-corrected chi connectivity index (χ1v) is 11.3. The van der Waals surface area contributed by atoms with Crippen LogP contribution in [0.3, 0.4) is 0 Å². The molecule has 1 saturated heterocycles. The minimum atomic E-state index is -4.49. The molecule has 4 aromatic rings. The summed E-state index contributed by atoms with van der Waals surface area (Å²) in [6.07, 6.45) is -2.54. The van der Waals surface area contributed by atoms with Crippen molar-refractivity contribution in [2.75, 3.05) is 33.4 Å². The number of methoxy groups -OCH3 is 1. The minimum Gasteiger partial charge on any atom is -0.494 e. The molecule has 4 heterocycles. The predicted octanol–water partition coefficient (Wildman–Crippen LogP) is 5.03. The summed E-state index contributed by atoms with van der Waals surface area (Å²) in [6, 6.07) is 10.1. The molecule has 0 amide bonds. The highest BCUT2D eigenvalue weighted by Gasteiger charge is 2.46. The summed E-state index contributed by atoms with van der Waals surface area (Å²) in [5.41, 5.74) is 1.58. The SMILES string of the molecule is COc1cccc2ccc(-c3nnc4ccc([C@@H](N5CCC(NCCF)C5)C(F)(F)F)cn34)nc12.Cl.Cl. The summed E-state index contributed by atoms with van der Waals surface area (Å²) in [5.74, 6) is 0.917. The fourth-order valence-electron chi connectivity index (χ4n) is 4.71. The first-order chi connectivity index (χ1) is 16.9. The van der Waals surface area contributed by atoms with Crippen molar-refractivity contribution in [1.82, 2.24) is 29.8 Å². The van der Waals surface area contributed by atoms with Crippen LogP contribution < -0.4 is 10.1 Å². The van der Waals surface area contributed by atoms with Crippen molar-refractivity contribution in [3.63, 3.8) is 0 Å². The highest BCUT2D eigenvalue weighted by atomic mass is 35.5. The molecule has 2 atom stereocenters. The van der Waals surface area contributed by atoms with E-state index in [2.05, 4.69) is 20.5 Å². The molecule has 13 heteroatoms. The van der Waals surface area contributed by atoms with Crippen molar-refractivity contribution in [3.05, 3.63) is 54.2 Å². The molecule has 0 bridgehead atoms. The van der Waals surface area contributed by atoms with Gasteiger partial charge in [0.25, 0.3) is 0 Å². The van der Waals surface area contributed by atoms with Gasteiger partial charge in [0.05, 0.1) is 7.11 Å². The van der Waals surface area contributed by atoms with Gasteiger partial charge in [0.2, 0.25) is 0 Å². The van der Waals surface area contributed by atoms with Crippen LogP contribution in [0, 0.1) is 0 Å². The van der Waals surface area contributed by atoms with Crippen molar-refractivity contribution in [3.8, 4) is 17.3 Å². The molecule has 0 radical (unpaired) electrons. The van der Waals surface area contributed by atoms with Crippen LogP contribution in [0.5, 0.6) is 5.75 Å². The number of hydrogen-bond donors (Lipinski definition) is 1. The highest BCUT2D eigenvalue weighted by Crippen LogP contribution is 2.40. The average Bonchev–Trinajstić information content (AvgIpc) is 3.48. The summed E-state index contributed by atoms with van der Waals surface area (Å²) in [4.78, 5) is 6.05. The first-order valence-electron chi connectivity index (χ1n) is 11.3. The number of nitrogens with zero attached hydrogens (tertiary/aromatic N) is 5. The van der Waals surface area contributed by atoms with E-state index in [4.69, 9.17) is 4.74 Å². The zero-order chi connectivity index (χ0) is 24.6. The quantitative estimate of drug-likeness (QED) is 0.320. The molecule has 1 aliphatic rings. The number of nitrogens with one attached hydrogen (secondary N) is 1. The molecule has 37 heavy (non-hydrogen) atoms. The number of benzene rings is 1. The summed E-state index contributed by atoms with van der Waals surface area (Å²) in [7, 11) is 1.55. The standard InChI is InChI=1S/C24H24F4N6O.2ClH/c1-35-19-4-2-3-15-5-7-18(30-21(15)19)23-32-31-20-8-6-16(13-34(20)23)22(24(26,27)28)33-12-9-17(14-33)29-11-10-25;;/h2-8,13,17,22,29H,9-12,14H2,1H3;2*1H/t17?,22-;;/m1../s1. The number of para-hydroxylation sites is 1. The monoisotopic (exact) mass is 560 g/mol. The average molecular weight is 561 g/mol. The van der Waals surface area contributed by atoms with Crippen LogP contribution in [0.25, 0.3) is 28.1 Å². The van der Waals surface area contributed by atoms with E-state index in [1.165, 1.54) is 27.6 Å². The maximum Gasteiger partial charge on any atom is 0.408 e. The van der Waals surface area contributed by atoms with Crippen LogP contribution in [-0.2, 0) is 0 Å². The largest absolute Gasteiger partial charge is 0.494 e. The van der Waals surface area contributed by atoms with Gasteiger partial charge in [-0.1, -0.05) is 24.3 Å². The topological polar surface area (TPSA) is 67.6 Å². The van der Waals surface area contributed by atoms with Crippen LogP contribution in [0.4, 0.5) is 17.6 Å². The van der Waals surface area contributed by atoms with Gasteiger partial charge in [0, 0.05) is 37.3 Å². The lowest BCUT2D eigenvalue weighted by Gasteiger charge is -2.30. The van der Waals surface area contributed by atoms with Crippen LogP contribution in [0.2, 0.25) is 0 Å². The Kier molecular flexibility index (Phi) is 9.17. The Morgan fingerprint density at radius 1 is 1.11 bits per heavy atom. The Morgan fingerprint density at radius 2 is 1.92 bits per heavy atom. The summed E-state index contributed by atoms with van der Waals surface area (Å²) in [5, 5.41) is 12.2. The third kappa shape index (κ3) is 5.74. The molecule has 1 N–H and O–H groups in total. The number of likely N-dealkylation sites (tertiary alicyclic amines) is 1. The van der Waals surface area contributed by atoms with Gasteiger partial charge >= 0.3 is 6.18 Å². The molecule has 5 rings (SSSR count). The molecule has 0 aliphatic carbocycles. The molecule has 1 unspecified atom stereocenters. The van der Waals surface area contributed by atoms with E-state index >= 15 is 0 Å². The van der Waals surface area contributed by atoms with Crippen molar-refractivity contribution in [2.45, 2.75) is 24.7 Å². The Hall–Kier alpha value is -2.73. The maximum atomic E-state index is 14.3. The van der Waals surface area contributed by atoms with Gasteiger partial charge in [0.15, 0.2) is 11.5 Å². The Morgan fingerprint density at radius 3 is 2.65 bits per heavy atom. The third-order valence-electron chi connectivity index (χ3n) is 6.30. The van der Waals surface area contributed by atoms with Gasteiger partial charge in [-0.2, -0.15) is 13.2 Å². The molecule has 0 spiro atoms. The molecule has 0 saturated carbocycles. The second-order valence-corrected chi connectivity index (χ2v) is 8.51. The number of hydrogen-bond acceptors (Lipinski definition) is 6. The number of alkyl halides is 4. The number of halogens is 6. The van der Waals surface area contributed by atoms with E-state index in [1.807, 2.05) is 18.2 Å². The van der Waals surface area contributed by atoms with E-state index in [0.29, 0.717) is 34.9 Å². The zero-order valence-corrected chi connectivity index (χ0v) is 21.4. The summed E-state index contributed by atoms with van der Waals surface area (Å²) in [6.45, 7) is 0.0201. The lowest BCUT2D eigenvalue weighted by Crippen LogP contribution is -2.40. The fourth-order valence-corrected chi connectivity index (χ4v) is 4.71. The third-order valence-corrected chi connectivity index (χ3v) is 6.30. The Bertz CT molecular complexity index is 1350. The van der Waals surface area contributed by atoms with E-state index < -0.39 is 18.9 Å². The number of ether oxygens (including phenoxy) is 1. The molecule has 1 aliphatic heterocycles. The fraction of sp³-hybridized carbons (Fsp3) is 0.375. The van der Waals surface area contributed by atoms with Crippen molar-refractivity contribution < 1.29 is 22.3 Å². The van der Waals surface area contributed by atoms with Crippen molar-refractivity contribution >= 4 is 41.4 Å². The van der Waals surface area contributed by atoms with Crippen molar-refractivity contribution in [1.29, 1.82) is 0 Å². The number of pyridine rings is 2. The maximum absolute atomic E-state index is 14.3. The van der Waals surface area contributed by atoms with Crippen LogP contribution in [0.1, 0.15) is 18.0 Å². The van der Waals surface area contributed by atoms with Gasteiger partial charge in [-0.3, -0.25) is 9.30 Å². The minimum absolute atomic E-state index is 0. The normalized spacial score (nSPS) is 16.9. The lowest BCUT2D eigenvalue weighted by atomic mass is 10.1. The van der Waals surface area contributed by atoms with Gasteiger partial charge in [-0.05, 0) is 30.2 Å². The lowest BCUT2D eigenvalue weighted by molar-refractivity contribution is -0.184. The van der Waals surface area contributed by atoms with E-state index in [1.54, 1.807) is 19.2 Å². The van der Waals surface area contributed by atoms with Crippen LogP contribution in [-0.4, -0.2) is 70.1 Å². The van der Waals surface area contributed by atoms with Gasteiger partial charge in [0.1, 0.15) is 29.7 Å². The molecular formula is C24H26Cl2F4N6O. The Labute approximate surface area is 223 Å². The van der Waals surface area contributed by atoms with Crippen molar-refractivity contribution in [2.24, 2.45) is 0 Å². The second-order valence-electron chi connectivity index (χ2n) is 8.51. The Balaban J connectivity index is 0.00000190. The second kappa shape index (κ2) is 11.8. The smallest absolute Gasteiger partial charge is 0.408 e. The molecule has 3 aromatic heterocycles. The predicted molar refractivity (Wildman–Crippen MR) is 138 cm³/mol. The molecule has 1 fully saturated rings. The number of aromatic nitrogens is 4. The van der Waals surface area contributed by atoms with Gasteiger partial charge < -0.3 is 10.1 Å².